The second-order valence-electron chi connectivity index (χ2n) is 7.16. The normalized spacial score (nSPS) is 31.5. The summed E-state index contributed by atoms with van der Waals surface area (Å²) in [6.45, 7) is 2.29. The van der Waals surface area contributed by atoms with E-state index in [1.165, 1.54) is 38.2 Å². The zero-order valence-corrected chi connectivity index (χ0v) is 13.2. The second kappa shape index (κ2) is 6.39. The van der Waals surface area contributed by atoms with Crippen molar-refractivity contribution in [1.82, 2.24) is 0 Å². The first-order valence-corrected chi connectivity index (χ1v) is 8.61. The molecule has 0 aromatic heterocycles. The smallest absolute Gasteiger partial charge is 0.335 e. The zero-order chi connectivity index (χ0) is 15.7. The van der Waals surface area contributed by atoms with E-state index in [0.29, 0.717) is 0 Å². The second-order valence-corrected chi connectivity index (χ2v) is 7.16. The van der Waals surface area contributed by atoms with Gasteiger partial charge in [0, 0.05) is 0 Å². The van der Waals surface area contributed by atoms with Gasteiger partial charge in [0.05, 0.1) is 5.56 Å². The third kappa shape index (κ3) is 3.04. The average Bonchev–Trinajstić information content (AvgIpc) is 2.53. The van der Waals surface area contributed by atoms with Crippen molar-refractivity contribution >= 4 is 5.97 Å². The molecule has 0 saturated heterocycles. The first-order valence-electron chi connectivity index (χ1n) is 8.61. The molecule has 0 amide bonds. The van der Waals surface area contributed by atoms with Crippen LogP contribution >= 0.6 is 0 Å². The van der Waals surface area contributed by atoms with Gasteiger partial charge in [-0.2, -0.15) is 0 Å². The van der Waals surface area contributed by atoms with E-state index >= 15 is 0 Å². The van der Waals surface area contributed by atoms with E-state index in [1.807, 2.05) is 0 Å². The number of rotatable bonds is 3. The number of hydrogen-bond donors (Lipinski definition) is 1. The maximum absolute atomic E-state index is 14.3. The van der Waals surface area contributed by atoms with Crippen molar-refractivity contribution in [2.75, 3.05) is 0 Å². The Balaban J connectivity index is 1.71. The van der Waals surface area contributed by atoms with Crippen molar-refractivity contribution in [2.24, 2.45) is 17.8 Å². The SMILES string of the molecule is CC[C@H]1CC[C@@H]2CC(c3ccc(C(=O)O)cc3F)CC[C@H]2C1. The van der Waals surface area contributed by atoms with E-state index < -0.39 is 5.97 Å². The summed E-state index contributed by atoms with van der Waals surface area (Å²) in [5.41, 5.74) is 0.763. The molecule has 0 spiro atoms. The molecule has 2 aliphatic carbocycles. The summed E-state index contributed by atoms with van der Waals surface area (Å²) in [6.07, 6.45) is 8.57. The molecule has 3 rings (SSSR count). The van der Waals surface area contributed by atoms with E-state index in [-0.39, 0.29) is 17.3 Å². The summed E-state index contributed by atoms with van der Waals surface area (Å²) in [7, 11) is 0. The fourth-order valence-electron chi connectivity index (χ4n) is 4.63. The monoisotopic (exact) mass is 304 g/mol. The van der Waals surface area contributed by atoms with Crippen LogP contribution in [0, 0.1) is 23.6 Å². The average molecular weight is 304 g/mol. The molecule has 4 atom stereocenters. The van der Waals surface area contributed by atoms with Crippen molar-refractivity contribution in [3.63, 3.8) is 0 Å². The zero-order valence-electron chi connectivity index (χ0n) is 13.2. The molecule has 22 heavy (non-hydrogen) atoms. The number of halogens is 1. The molecule has 0 radical (unpaired) electrons. The minimum absolute atomic E-state index is 0.0402. The molecule has 1 unspecified atom stereocenters. The third-order valence-electron chi connectivity index (χ3n) is 5.99. The highest BCUT2D eigenvalue weighted by Crippen LogP contribution is 2.48. The highest BCUT2D eigenvalue weighted by atomic mass is 19.1. The minimum Gasteiger partial charge on any atom is -0.478 e. The number of fused-ring (bicyclic) bond motifs is 1. The fourth-order valence-corrected chi connectivity index (χ4v) is 4.63. The highest BCUT2D eigenvalue weighted by molar-refractivity contribution is 5.87. The molecule has 1 aromatic carbocycles. The lowest BCUT2D eigenvalue weighted by Crippen LogP contribution is -2.30. The topological polar surface area (TPSA) is 37.3 Å². The Bertz CT molecular complexity index is 554. The van der Waals surface area contributed by atoms with Crippen LogP contribution in [-0.4, -0.2) is 11.1 Å². The summed E-state index contributed by atoms with van der Waals surface area (Å²) >= 11 is 0. The molecule has 0 aliphatic heterocycles. The van der Waals surface area contributed by atoms with Crippen molar-refractivity contribution in [2.45, 2.75) is 57.8 Å². The van der Waals surface area contributed by atoms with Crippen LogP contribution in [0.15, 0.2) is 18.2 Å². The first-order chi connectivity index (χ1) is 10.6. The molecule has 3 heteroatoms. The molecule has 2 fully saturated rings. The number of hydrogen-bond acceptors (Lipinski definition) is 1. The van der Waals surface area contributed by atoms with Gasteiger partial charge in [-0.25, -0.2) is 9.18 Å². The van der Waals surface area contributed by atoms with Crippen LogP contribution in [0.3, 0.4) is 0 Å². The Morgan fingerprint density at radius 3 is 2.59 bits per heavy atom. The lowest BCUT2D eigenvalue weighted by molar-refractivity contribution is 0.0696. The van der Waals surface area contributed by atoms with Crippen molar-refractivity contribution in [3.05, 3.63) is 35.1 Å². The Kier molecular flexibility index (Phi) is 4.51. The molecule has 1 N–H and O–H groups in total. The van der Waals surface area contributed by atoms with Crippen LogP contribution in [0.2, 0.25) is 0 Å². The van der Waals surface area contributed by atoms with Crippen LogP contribution in [-0.2, 0) is 0 Å². The van der Waals surface area contributed by atoms with E-state index in [1.54, 1.807) is 12.1 Å². The van der Waals surface area contributed by atoms with Gasteiger partial charge >= 0.3 is 5.97 Å². The molecule has 1 aromatic rings. The van der Waals surface area contributed by atoms with E-state index in [4.69, 9.17) is 5.11 Å². The standard InChI is InChI=1S/C19H25FO2/c1-2-12-3-4-14-10-15(6-5-13(14)9-12)17-8-7-16(19(21)22)11-18(17)20/h7-8,11-15H,2-6,9-10H2,1H3,(H,21,22)/t12-,13-,14+,15?/m0/s1. The molecule has 2 nitrogen and oxygen atoms in total. The largest absolute Gasteiger partial charge is 0.478 e. The number of carbonyl (C=O) groups is 1. The van der Waals surface area contributed by atoms with Crippen molar-refractivity contribution < 1.29 is 14.3 Å². The molecule has 2 saturated carbocycles. The van der Waals surface area contributed by atoms with Crippen LogP contribution in [0.5, 0.6) is 0 Å². The Labute approximate surface area is 131 Å². The predicted octanol–water partition coefficient (Wildman–Crippen LogP) is 5.23. The van der Waals surface area contributed by atoms with Gasteiger partial charge in [0.2, 0.25) is 0 Å². The molecular weight excluding hydrogens is 279 g/mol. The highest BCUT2D eigenvalue weighted by Gasteiger charge is 2.36. The summed E-state index contributed by atoms with van der Waals surface area (Å²) < 4.78 is 14.3. The molecule has 2 aliphatic rings. The minimum atomic E-state index is -1.06. The van der Waals surface area contributed by atoms with Crippen LogP contribution < -0.4 is 0 Å². The van der Waals surface area contributed by atoms with E-state index in [9.17, 15) is 9.18 Å². The van der Waals surface area contributed by atoms with Crippen LogP contribution in [0.4, 0.5) is 4.39 Å². The van der Waals surface area contributed by atoms with Gasteiger partial charge in [0.1, 0.15) is 5.82 Å². The van der Waals surface area contributed by atoms with Crippen molar-refractivity contribution in [3.8, 4) is 0 Å². The maximum atomic E-state index is 14.3. The summed E-state index contributed by atoms with van der Waals surface area (Å²) in [4.78, 5) is 10.9. The molecular formula is C19H25FO2. The molecule has 0 bridgehead atoms. The Morgan fingerprint density at radius 1 is 1.18 bits per heavy atom. The van der Waals surface area contributed by atoms with E-state index in [2.05, 4.69) is 6.92 Å². The van der Waals surface area contributed by atoms with Gasteiger partial charge in [-0.05, 0) is 73.5 Å². The van der Waals surface area contributed by atoms with Gasteiger partial charge in [-0.15, -0.1) is 0 Å². The van der Waals surface area contributed by atoms with Crippen LogP contribution in [0.1, 0.15) is 73.7 Å². The molecule has 120 valence electrons. The number of aromatic carboxylic acids is 1. The van der Waals surface area contributed by atoms with Gasteiger partial charge in [0.15, 0.2) is 0 Å². The Hall–Kier alpha value is -1.38. The Morgan fingerprint density at radius 2 is 1.91 bits per heavy atom. The van der Waals surface area contributed by atoms with Gasteiger partial charge < -0.3 is 5.11 Å². The fraction of sp³-hybridized carbons (Fsp3) is 0.632. The van der Waals surface area contributed by atoms with Crippen molar-refractivity contribution in [1.29, 1.82) is 0 Å². The summed E-state index contributed by atoms with van der Waals surface area (Å²) in [6, 6.07) is 4.42. The van der Waals surface area contributed by atoms with Gasteiger partial charge in [-0.1, -0.05) is 25.8 Å². The van der Waals surface area contributed by atoms with E-state index in [0.717, 1.165) is 36.2 Å². The van der Waals surface area contributed by atoms with Gasteiger partial charge in [-0.3, -0.25) is 0 Å². The molecule has 0 heterocycles. The summed E-state index contributed by atoms with van der Waals surface area (Å²) in [5, 5.41) is 8.95. The number of benzene rings is 1. The quantitative estimate of drug-likeness (QED) is 0.829. The first kappa shape index (κ1) is 15.5. The lowest BCUT2D eigenvalue weighted by Gasteiger charge is -2.42. The lowest BCUT2D eigenvalue weighted by atomic mass is 9.63. The van der Waals surface area contributed by atoms with Crippen LogP contribution in [0.25, 0.3) is 0 Å². The number of carboxylic acids is 1. The van der Waals surface area contributed by atoms with Gasteiger partial charge in [0.25, 0.3) is 0 Å². The predicted molar refractivity (Wildman–Crippen MR) is 84.6 cm³/mol. The summed E-state index contributed by atoms with van der Waals surface area (Å²) in [5.74, 6) is 1.32. The maximum Gasteiger partial charge on any atom is 0.335 e. The number of carboxylic acid groups (broad SMARTS) is 1. The third-order valence-corrected chi connectivity index (χ3v) is 5.99.